The Morgan fingerprint density at radius 1 is 1.17 bits per heavy atom. The summed E-state index contributed by atoms with van der Waals surface area (Å²) in [6.45, 7) is 2.68. The second-order valence-corrected chi connectivity index (χ2v) is 11.3. The molecule has 2 saturated heterocycles. The number of aryl methyl sites for hydroxylation is 1. The van der Waals surface area contributed by atoms with Crippen molar-refractivity contribution in [2.45, 2.75) is 43.4 Å². The molecule has 1 N–H and O–H groups in total. The third-order valence-electron chi connectivity index (χ3n) is 5.31. The van der Waals surface area contributed by atoms with Gasteiger partial charge in [-0.2, -0.15) is 13.2 Å². The average Bonchev–Trinajstić information content (AvgIpc) is 2.94. The first kappa shape index (κ1) is 22.5. The van der Waals surface area contributed by atoms with Crippen molar-refractivity contribution in [3.8, 4) is 0 Å². The topological polar surface area (TPSA) is 98.8 Å². The van der Waals surface area contributed by atoms with Gasteiger partial charge in [0.2, 0.25) is 10.0 Å². The number of benzene rings is 1. The zero-order chi connectivity index (χ0) is 21.5. The lowest BCUT2D eigenvalue weighted by molar-refractivity contribution is -0.138. The van der Waals surface area contributed by atoms with E-state index < -0.39 is 48.5 Å². The van der Waals surface area contributed by atoms with Crippen molar-refractivity contribution in [2.75, 3.05) is 25.6 Å². The maximum atomic E-state index is 13.0. The van der Waals surface area contributed by atoms with Crippen LogP contribution < -0.4 is 4.13 Å². The van der Waals surface area contributed by atoms with Crippen LogP contribution in [0.4, 0.5) is 13.2 Å². The van der Waals surface area contributed by atoms with E-state index in [-0.39, 0.29) is 11.0 Å². The van der Waals surface area contributed by atoms with Crippen LogP contribution in [0.5, 0.6) is 0 Å². The Morgan fingerprint density at radius 3 is 2.45 bits per heavy atom. The highest BCUT2D eigenvalue weighted by Gasteiger charge is 2.43. The summed E-state index contributed by atoms with van der Waals surface area (Å²) in [7, 11) is -9.07. The summed E-state index contributed by atoms with van der Waals surface area (Å²) < 4.78 is 101. The van der Waals surface area contributed by atoms with Gasteiger partial charge in [0, 0.05) is 18.6 Å². The number of sulfonamides is 2. The fourth-order valence-electron chi connectivity index (χ4n) is 3.72. The van der Waals surface area contributed by atoms with Gasteiger partial charge in [-0.1, -0.05) is 6.07 Å². The molecule has 0 bridgehead atoms. The first-order chi connectivity index (χ1) is 13.3. The van der Waals surface area contributed by atoms with Crippen LogP contribution in [0.3, 0.4) is 0 Å². The largest absolute Gasteiger partial charge is 0.416 e. The third kappa shape index (κ3) is 5.29. The second-order valence-electron chi connectivity index (χ2n) is 7.59. The van der Waals surface area contributed by atoms with Gasteiger partial charge in [0.15, 0.2) is 0 Å². The van der Waals surface area contributed by atoms with Crippen LogP contribution in [0.2, 0.25) is 0 Å². The summed E-state index contributed by atoms with van der Waals surface area (Å²) in [4.78, 5) is -0.771. The molecule has 3 rings (SSSR count). The molecule has 1 spiro atoms. The highest BCUT2D eigenvalue weighted by molar-refractivity contribution is 8.04. The van der Waals surface area contributed by atoms with Gasteiger partial charge in [-0.3, -0.25) is 0 Å². The Hall–Kier alpha value is -1.21. The molecule has 0 aliphatic carbocycles. The van der Waals surface area contributed by atoms with E-state index in [0.717, 1.165) is 25.0 Å². The monoisotopic (exact) mass is 457 g/mol. The number of alkyl halides is 3. The number of ether oxygens (including phenoxy) is 2. The summed E-state index contributed by atoms with van der Waals surface area (Å²) in [6.07, 6.45) is -3.52. The predicted octanol–water partition coefficient (Wildman–Crippen LogP) is 2.21. The lowest BCUT2D eigenvalue weighted by Crippen LogP contribution is -2.37. The molecule has 7 nitrogen and oxygen atoms in total. The first-order valence-corrected chi connectivity index (χ1v) is 12.1. The second kappa shape index (κ2) is 7.80. The van der Waals surface area contributed by atoms with Crippen LogP contribution in [0.15, 0.2) is 23.1 Å². The van der Waals surface area contributed by atoms with E-state index in [4.69, 9.17) is 9.47 Å². The van der Waals surface area contributed by atoms with E-state index in [1.54, 1.807) is 0 Å². The number of hydrogen-bond donors (Lipinski definition) is 1. The standard InChI is InChI=1S/C17H22F3NO6S2/c1-12-2-3-14(8-15(12)17(18,19)20)29(24,25)21-28(22,23)10-13-9-16(11-27-13)4-6-26-7-5-16/h2-3,8,13,21H,4-7,9-11H2,1H3. The summed E-state index contributed by atoms with van der Waals surface area (Å²) in [5, 5.41) is 0. The highest BCUT2D eigenvalue weighted by Crippen LogP contribution is 2.41. The normalized spacial score (nSPS) is 22.8. The van der Waals surface area contributed by atoms with E-state index in [2.05, 4.69) is 0 Å². The van der Waals surface area contributed by atoms with E-state index in [1.807, 2.05) is 0 Å². The van der Waals surface area contributed by atoms with Gasteiger partial charge in [-0.15, -0.1) is 4.13 Å². The van der Waals surface area contributed by atoms with Crippen molar-refractivity contribution in [3.05, 3.63) is 29.3 Å². The van der Waals surface area contributed by atoms with Crippen LogP contribution in [0.1, 0.15) is 30.4 Å². The number of nitrogens with one attached hydrogen (secondary N) is 1. The minimum Gasteiger partial charge on any atom is -0.381 e. The summed E-state index contributed by atoms with van der Waals surface area (Å²) in [5.41, 5.74) is -1.48. The van der Waals surface area contributed by atoms with Crippen molar-refractivity contribution < 1.29 is 39.5 Å². The van der Waals surface area contributed by atoms with Crippen molar-refractivity contribution >= 4 is 20.0 Å². The van der Waals surface area contributed by atoms with Crippen LogP contribution in [0, 0.1) is 12.3 Å². The fraction of sp³-hybridized carbons (Fsp3) is 0.647. The summed E-state index contributed by atoms with van der Waals surface area (Å²) in [6, 6.07) is 2.35. The van der Waals surface area contributed by atoms with E-state index in [9.17, 15) is 30.0 Å². The molecule has 2 fully saturated rings. The Bertz CT molecular complexity index is 969. The van der Waals surface area contributed by atoms with Gasteiger partial charge in [-0.05, 0) is 43.9 Å². The lowest BCUT2D eigenvalue weighted by Gasteiger charge is -2.31. The van der Waals surface area contributed by atoms with Crippen molar-refractivity contribution in [3.63, 3.8) is 0 Å². The zero-order valence-corrected chi connectivity index (χ0v) is 17.3. The van der Waals surface area contributed by atoms with Crippen LogP contribution in [0.25, 0.3) is 0 Å². The van der Waals surface area contributed by atoms with Gasteiger partial charge in [0.1, 0.15) is 0 Å². The molecule has 1 unspecified atom stereocenters. The van der Waals surface area contributed by atoms with Gasteiger partial charge < -0.3 is 9.47 Å². The number of hydrogen-bond acceptors (Lipinski definition) is 6. The molecule has 0 saturated carbocycles. The molecule has 0 amide bonds. The minimum atomic E-state index is -4.76. The Labute approximate surface area is 167 Å². The zero-order valence-electron chi connectivity index (χ0n) is 15.7. The quantitative estimate of drug-likeness (QED) is 0.728. The molecule has 2 heterocycles. The van der Waals surface area contributed by atoms with Crippen LogP contribution >= 0.6 is 0 Å². The molecule has 164 valence electrons. The van der Waals surface area contributed by atoms with Crippen molar-refractivity contribution in [1.82, 2.24) is 4.13 Å². The Morgan fingerprint density at radius 2 is 1.83 bits per heavy atom. The van der Waals surface area contributed by atoms with Gasteiger partial charge >= 0.3 is 6.18 Å². The lowest BCUT2D eigenvalue weighted by atomic mass is 9.78. The molecule has 1 aromatic rings. The first-order valence-electron chi connectivity index (χ1n) is 8.96. The van der Waals surface area contributed by atoms with Crippen molar-refractivity contribution in [2.24, 2.45) is 5.41 Å². The molecule has 0 aromatic heterocycles. The predicted molar refractivity (Wildman–Crippen MR) is 97.1 cm³/mol. The molecular formula is C17H22F3NO6S2. The number of rotatable bonds is 5. The average molecular weight is 457 g/mol. The Balaban J connectivity index is 1.73. The third-order valence-corrected chi connectivity index (χ3v) is 8.88. The van der Waals surface area contributed by atoms with Gasteiger partial charge in [-0.25, -0.2) is 16.8 Å². The number of halogens is 3. The Kier molecular flexibility index (Phi) is 6.05. The SMILES string of the molecule is Cc1ccc(S(=O)(=O)NS(=O)(=O)CC2CC3(CCOCC3)CO2)cc1C(F)(F)F. The van der Waals surface area contributed by atoms with Crippen LogP contribution in [-0.2, 0) is 35.7 Å². The van der Waals surface area contributed by atoms with Gasteiger partial charge in [0.05, 0.1) is 28.9 Å². The maximum absolute atomic E-state index is 13.0. The molecule has 0 radical (unpaired) electrons. The van der Waals surface area contributed by atoms with Gasteiger partial charge in [0.25, 0.3) is 10.0 Å². The molecule has 1 aromatic carbocycles. The minimum absolute atomic E-state index is 0.166. The molecule has 2 aliphatic rings. The van der Waals surface area contributed by atoms with Crippen molar-refractivity contribution in [1.29, 1.82) is 0 Å². The summed E-state index contributed by atoms with van der Waals surface area (Å²) >= 11 is 0. The maximum Gasteiger partial charge on any atom is 0.416 e. The van der Waals surface area contributed by atoms with E-state index in [1.165, 1.54) is 11.1 Å². The van der Waals surface area contributed by atoms with Crippen LogP contribution in [-0.4, -0.2) is 48.5 Å². The fourth-order valence-corrected chi connectivity index (χ4v) is 6.94. The molecule has 12 heteroatoms. The van der Waals surface area contributed by atoms with E-state index >= 15 is 0 Å². The molecular weight excluding hydrogens is 435 g/mol. The molecule has 2 aliphatic heterocycles. The molecule has 1 atom stereocenters. The highest BCUT2D eigenvalue weighted by atomic mass is 32.3. The summed E-state index contributed by atoms with van der Waals surface area (Å²) in [5.74, 6) is -0.590. The molecule has 29 heavy (non-hydrogen) atoms. The van der Waals surface area contributed by atoms with E-state index in [0.29, 0.717) is 32.3 Å². The smallest absolute Gasteiger partial charge is 0.381 e.